The maximum absolute atomic E-state index is 2.55. The van der Waals surface area contributed by atoms with Crippen LogP contribution in [0.4, 0.5) is 0 Å². The second-order valence-electron chi connectivity index (χ2n) is 6.76. The zero-order valence-corrected chi connectivity index (χ0v) is 11.3. The van der Waals surface area contributed by atoms with Gasteiger partial charge in [0.05, 0.1) is 0 Å². The molecule has 0 nitrogen and oxygen atoms in total. The van der Waals surface area contributed by atoms with Gasteiger partial charge in [0, 0.05) is 0 Å². The lowest BCUT2D eigenvalue weighted by molar-refractivity contribution is 0.226. The molecule has 94 valence electrons. The van der Waals surface area contributed by atoms with Gasteiger partial charge in [-0.05, 0) is 66.6 Å². The summed E-state index contributed by atoms with van der Waals surface area (Å²) in [6.45, 7) is 2.55. The van der Waals surface area contributed by atoms with Gasteiger partial charge < -0.3 is 0 Å². The van der Waals surface area contributed by atoms with E-state index >= 15 is 0 Å². The van der Waals surface area contributed by atoms with Crippen molar-refractivity contribution in [1.82, 2.24) is 0 Å². The van der Waals surface area contributed by atoms with Gasteiger partial charge in [0.2, 0.25) is 0 Å². The van der Waals surface area contributed by atoms with Gasteiger partial charge in [0.1, 0.15) is 0 Å². The second-order valence-corrected chi connectivity index (χ2v) is 6.76. The molecule has 0 aromatic heterocycles. The van der Waals surface area contributed by atoms with Gasteiger partial charge in [0.25, 0.3) is 0 Å². The Morgan fingerprint density at radius 3 is 2.89 bits per heavy atom. The molecule has 0 spiro atoms. The van der Waals surface area contributed by atoms with E-state index in [-0.39, 0.29) is 0 Å². The number of fused-ring (bicyclic) bond motifs is 4. The van der Waals surface area contributed by atoms with E-state index in [0.717, 1.165) is 5.92 Å². The Kier molecular flexibility index (Phi) is 2.24. The van der Waals surface area contributed by atoms with E-state index < -0.39 is 0 Å². The Bertz CT molecular complexity index is 523. The van der Waals surface area contributed by atoms with Crippen LogP contribution in [0.1, 0.15) is 56.6 Å². The van der Waals surface area contributed by atoms with Crippen LogP contribution in [0.3, 0.4) is 0 Å². The van der Waals surface area contributed by atoms with Crippen molar-refractivity contribution >= 4 is 5.57 Å². The summed E-state index contributed by atoms with van der Waals surface area (Å²) in [5.41, 5.74) is 7.41. The van der Waals surface area contributed by atoms with Crippen LogP contribution in [-0.4, -0.2) is 0 Å². The van der Waals surface area contributed by atoms with E-state index in [0.29, 0.717) is 5.41 Å². The molecule has 0 radical (unpaired) electrons. The van der Waals surface area contributed by atoms with Gasteiger partial charge in [0.15, 0.2) is 0 Å². The molecule has 0 amide bonds. The van der Waals surface area contributed by atoms with E-state index in [2.05, 4.69) is 31.2 Å². The lowest BCUT2D eigenvalue weighted by Crippen LogP contribution is -2.29. The Balaban J connectivity index is 1.85. The highest BCUT2D eigenvalue weighted by Crippen LogP contribution is 2.57. The normalized spacial score (nSPS) is 33.9. The summed E-state index contributed by atoms with van der Waals surface area (Å²) in [5.74, 6) is 0.912. The number of allylic oxidation sites excluding steroid dienone is 2. The SMILES string of the molecule is C[C@@]12CCCC1C1=C(CC2)c2ccccc2CC1. The Morgan fingerprint density at radius 1 is 1.06 bits per heavy atom. The molecule has 0 heterocycles. The molecule has 3 aliphatic rings. The minimum absolute atomic E-state index is 0.644. The molecule has 1 saturated carbocycles. The summed E-state index contributed by atoms with van der Waals surface area (Å²) in [7, 11) is 0. The Labute approximate surface area is 110 Å². The zero-order valence-electron chi connectivity index (χ0n) is 11.3. The Morgan fingerprint density at radius 2 is 1.94 bits per heavy atom. The highest BCUT2D eigenvalue weighted by Gasteiger charge is 2.44. The van der Waals surface area contributed by atoms with Gasteiger partial charge in [-0.15, -0.1) is 0 Å². The van der Waals surface area contributed by atoms with E-state index in [1.165, 1.54) is 44.9 Å². The van der Waals surface area contributed by atoms with Crippen molar-refractivity contribution in [2.75, 3.05) is 0 Å². The number of hydrogen-bond acceptors (Lipinski definition) is 0. The van der Waals surface area contributed by atoms with Crippen molar-refractivity contribution in [3.05, 3.63) is 41.0 Å². The predicted molar refractivity (Wildman–Crippen MR) is 76.4 cm³/mol. The number of benzene rings is 1. The van der Waals surface area contributed by atoms with Crippen LogP contribution < -0.4 is 0 Å². The van der Waals surface area contributed by atoms with Crippen molar-refractivity contribution < 1.29 is 0 Å². The van der Waals surface area contributed by atoms with E-state index in [4.69, 9.17) is 0 Å². The standard InChI is InChI=1S/C18H22/c1-18-11-4-7-17(18)16-9-8-13-5-2-3-6-14(13)15(16)10-12-18/h2-3,5-6,17H,4,7-12H2,1H3/t17?,18-/m0/s1. The first-order valence-corrected chi connectivity index (χ1v) is 7.58. The van der Waals surface area contributed by atoms with Gasteiger partial charge in [-0.25, -0.2) is 0 Å². The van der Waals surface area contributed by atoms with Crippen LogP contribution in [0.2, 0.25) is 0 Å². The third-order valence-electron chi connectivity index (χ3n) is 5.84. The summed E-state index contributed by atoms with van der Waals surface area (Å²) in [6, 6.07) is 9.12. The van der Waals surface area contributed by atoms with Gasteiger partial charge in [-0.1, -0.05) is 43.2 Å². The van der Waals surface area contributed by atoms with Crippen molar-refractivity contribution in [1.29, 1.82) is 0 Å². The number of rotatable bonds is 0. The first kappa shape index (κ1) is 10.8. The quantitative estimate of drug-likeness (QED) is 0.597. The molecule has 4 rings (SSSR count). The van der Waals surface area contributed by atoms with Crippen LogP contribution in [0.25, 0.3) is 5.57 Å². The zero-order chi connectivity index (χ0) is 12.2. The van der Waals surface area contributed by atoms with E-state index in [1.54, 1.807) is 16.7 Å². The lowest BCUT2D eigenvalue weighted by Gasteiger charge is -2.42. The first-order valence-electron chi connectivity index (χ1n) is 7.58. The monoisotopic (exact) mass is 238 g/mol. The largest absolute Gasteiger partial charge is 0.0624 e. The summed E-state index contributed by atoms with van der Waals surface area (Å²) in [6.07, 6.45) is 9.76. The lowest BCUT2D eigenvalue weighted by atomic mass is 9.63. The molecule has 0 N–H and O–H groups in total. The van der Waals surface area contributed by atoms with Gasteiger partial charge in [-0.2, -0.15) is 0 Å². The molecule has 1 aromatic carbocycles. The second kappa shape index (κ2) is 3.73. The average Bonchev–Trinajstić information content (AvgIpc) is 2.80. The maximum atomic E-state index is 2.55. The molecule has 3 aliphatic carbocycles. The fraction of sp³-hybridized carbons (Fsp3) is 0.556. The maximum Gasteiger partial charge on any atom is -0.0143 e. The topological polar surface area (TPSA) is 0 Å². The van der Waals surface area contributed by atoms with E-state index in [1.807, 2.05) is 5.57 Å². The molecular weight excluding hydrogens is 216 g/mol. The van der Waals surface area contributed by atoms with Crippen molar-refractivity contribution in [3.63, 3.8) is 0 Å². The number of hydrogen-bond donors (Lipinski definition) is 0. The van der Waals surface area contributed by atoms with Crippen molar-refractivity contribution in [2.24, 2.45) is 11.3 Å². The van der Waals surface area contributed by atoms with Gasteiger partial charge in [-0.3, -0.25) is 0 Å². The number of aryl methyl sites for hydroxylation is 1. The molecular formula is C18H22. The summed E-state index contributed by atoms with van der Waals surface area (Å²) < 4.78 is 0. The summed E-state index contributed by atoms with van der Waals surface area (Å²) in [4.78, 5) is 0. The highest BCUT2D eigenvalue weighted by atomic mass is 14.5. The molecule has 1 fully saturated rings. The fourth-order valence-electron chi connectivity index (χ4n) is 4.84. The van der Waals surface area contributed by atoms with Crippen LogP contribution >= 0.6 is 0 Å². The average molecular weight is 238 g/mol. The third kappa shape index (κ3) is 1.38. The molecule has 0 heteroatoms. The van der Waals surface area contributed by atoms with Crippen LogP contribution in [0.5, 0.6) is 0 Å². The van der Waals surface area contributed by atoms with Crippen LogP contribution in [0, 0.1) is 11.3 Å². The van der Waals surface area contributed by atoms with Gasteiger partial charge >= 0.3 is 0 Å². The van der Waals surface area contributed by atoms with Crippen molar-refractivity contribution in [3.8, 4) is 0 Å². The minimum atomic E-state index is 0.644. The first-order chi connectivity index (χ1) is 8.78. The highest BCUT2D eigenvalue weighted by molar-refractivity contribution is 5.74. The minimum Gasteiger partial charge on any atom is -0.0624 e. The molecule has 1 aromatic rings. The summed E-state index contributed by atoms with van der Waals surface area (Å²) >= 11 is 0. The van der Waals surface area contributed by atoms with Crippen molar-refractivity contribution in [2.45, 2.75) is 51.9 Å². The van der Waals surface area contributed by atoms with Crippen LogP contribution in [-0.2, 0) is 6.42 Å². The molecule has 0 saturated heterocycles. The molecule has 1 unspecified atom stereocenters. The molecule has 18 heavy (non-hydrogen) atoms. The fourth-order valence-corrected chi connectivity index (χ4v) is 4.84. The van der Waals surface area contributed by atoms with Crippen LogP contribution in [0.15, 0.2) is 29.8 Å². The Hall–Kier alpha value is -1.04. The third-order valence-corrected chi connectivity index (χ3v) is 5.84. The molecule has 2 atom stereocenters. The smallest absolute Gasteiger partial charge is 0.0143 e. The molecule has 0 aliphatic heterocycles. The predicted octanol–water partition coefficient (Wildman–Crippen LogP) is 4.99. The summed E-state index contributed by atoms with van der Waals surface area (Å²) in [5, 5.41) is 0. The van der Waals surface area contributed by atoms with E-state index in [9.17, 15) is 0 Å². The molecule has 0 bridgehead atoms.